The molecule has 0 aliphatic heterocycles. The van der Waals surface area contributed by atoms with Gasteiger partial charge in [0.05, 0.1) is 17.6 Å². The second kappa shape index (κ2) is 3.89. The molecule has 14 heavy (non-hydrogen) atoms. The summed E-state index contributed by atoms with van der Waals surface area (Å²) in [5.74, 6) is 0. The highest BCUT2D eigenvalue weighted by Gasteiger charge is 2.00. The second-order valence-corrected chi connectivity index (χ2v) is 3.73. The van der Waals surface area contributed by atoms with Crippen molar-refractivity contribution in [3.05, 3.63) is 40.9 Å². The first kappa shape index (κ1) is 9.36. The number of halogens is 1. The maximum atomic E-state index is 5.47. The maximum Gasteiger partial charge on any atom is 0.0840 e. The Kier molecular flexibility index (Phi) is 2.60. The van der Waals surface area contributed by atoms with Crippen LogP contribution in [0, 0.1) is 0 Å². The normalized spacial score (nSPS) is 10.4. The van der Waals surface area contributed by atoms with Crippen molar-refractivity contribution >= 4 is 15.9 Å². The Labute approximate surface area is 89.9 Å². The van der Waals surface area contributed by atoms with Gasteiger partial charge in [-0.2, -0.15) is 5.10 Å². The van der Waals surface area contributed by atoms with Crippen LogP contribution in [0.25, 0.3) is 5.69 Å². The number of nitrogens with two attached hydrogens (primary N) is 1. The smallest absolute Gasteiger partial charge is 0.0840 e. The van der Waals surface area contributed by atoms with Crippen LogP contribution in [0.5, 0.6) is 0 Å². The van der Waals surface area contributed by atoms with Crippen LogP contribution in [0.4, 0.5) is 0 Å². The van der Waals surface area contributed by atoms with Crippen molar-refractivity contribution in [3.63, 3.8) is 0 Å². The number of hydrogen-bond acceptors (Lipinski definition) is 3. The van der Waals surface area contributed by atoms with E-state index < -0.39 is 0 Å². The predicted molar refractivity (Wildman–Crippen MR) is 57.0 cm³/mol. The lowest BCUT2D eigenvalue weighted by Gasteiger charge is -2.00. The van der Waals surface area contributed by atoms with Gasteiger partial charge in [0.1, 0.15) is 0 Å². The molecule has 2 heterocycles. The molecule has 0 amide bonds. The highest BCUT2D eigenvalue weighted by atomic mass is 79.9. The second-order valence-electron chi connectivity index (χ2n) is 2.82. The Hall–Kier alpha value is -1.20. The SMILES string of the molecule is NCc1ccn(-c2cncc(Br)c2)n1. The van der Waals surface area contributed by atoms with Gasteiger partial charge in [0, 0.05) is 23.4 Å². The molecule has 0 atom stereocenters. The molecule has 0 aliphatic rings. The Morgan fingerprint density at radius 3 is 2.93 bits per heavy atom. The van der Waals surface area contributed by atoms with Crippen LogP contribution in [0.3, 0.4) is 0 Å². The molecular formula is C9H9BrN4. The van der Waals surface area contributed by atoms with E-state index in [4.69, 9.17) is 5.73 Å². The summed E-state index contributed by atoms with van der Waals surface area (Å²) in [5, 5.41) is 4.27. The molecule has 0 fully saturated rings. The Morgan fingerprint density at radius 2 is 2.29 bits per heavy atom. The van der Waals surface area contributed by atoms with Gasteiger partial charge in [0.15, 0.2) is 0 Å². The first-order valence-corrected chi connectivity index (χ1v) is 4.94. The molecule has 4 nitrogen and oxygen atoms in total. The predicted octanol–water partition coefficient (Wildman–Crippen LogP) is 1.49. The topological polar surface area (TPSA) is 56.7 Å². The minimum absolute atomic E-state index is 0.453. The van der Waals surface area contributed by atoms with Crippen molar-refractivity contribution < 1.29 is 0 Å². The standard InChI is InChI=1S/C9H9BrN4/c10-7-3-9(6-12-5-7)14-2-1-8(4-11)13-14/h1-3,5-6H,4,11H2. The molecule has 0 spiro atoms. The van der Waals surface area contributed by atoms with Crippen molar-refractivity contribution in [1.82, 2.24) is 14.8 Å². The van der Waals surface area contributed by atoms with Gasteiger partial charge in [-0.1, -0.05) is 0 Å². The summed E-state index contributed by atoms with van der Waals surface area (Å²) in [5.41, 5.74) is 7.25. The van der Waals surface area contributed by atoms with E-state index in [1.807, 2.05) is 18.3 Å². The van der Waals surface area contributed by atoms with Gasteiger partial charge in [0.25, 0.3) is 0 Å². The van der Waals surface area contributed by atoms with Crippen molar-refractivity contribution in [2.45, 2.75) is 6.54 Å². The molecule has 5 heteroatoms. The average molecular weight is 253 g/mol. The third-order valence-electron chi connectivity index (χ3n) is 1.81. The lowest BCUT2D eigenvalue weighted by molar-refractivity contribution is 0.829. The van der Waals surface area contributed by atoms with E-state index >= 15 is 0 Å². The summed E-state index contributed by atoms with van der Waals surface area (Å²) < 4.78 is 2.68. The van der Waals surface area contributed by atoms with Gasteiger partial charge in [0.2, 0.25) is 0 Å². The fourth-order valence-corrected chi connectivity index (χ4v) is 1.49. The highest BCUT2D eigenvalue weighted by molar-refractivity contribution is 9.10. The number of rotatable bonds is 2. The van der Waals surface area contributed by atoms with Crippen molar-refractivity contribution in [2.75, 3.05) is 0 Å². The zero-order chi connectivity index (χ0) is 9.97. The molecule has 0 bridgehead atoms. The summed E-state index contributed by atoms with van der Waals surface area (Å²) >= 11 is 3.35. The number of hydrogen-bond donors (Lipinski definition) is 1. The van der Waals surface area contributed by atoms with Crippen molar-refractivity contribution in [2.24, 2.45) is 5.73 Å². The molecule has 0 aromatic carbocycles. The molecule has 0 saturated carbocycles. The van der Waals surface area contributed by atoms with Crippen LogP contribution in [0.2, 0.25) is 0 Å². The summed E-state index contributed by atoms with van der Waals surface area (Å²) in [7, 11) is 0. The minimum atomic E-state index is 0.453. The number of pyridine rings is 1. The first-order valence-electron chi connectivity index (χ1n) is 4.15. The monoisotopic (exact) mass is 252 g/mol. The van der Waals surface area contributed by atoms with Gasteiger partial charge < -0.3 is 5.73 Å². The summed E-state index contributed by atoms with van der Waals surface area (Å²) in [6, 6.07) is 3.83. The molecule has 2 aromatic heterocycles. The Morgan fingerprint density at radius 1 is 1.43 bits per heavy atom. The lowest BCUT2D eigenvalue weighted by atomic mass is 10.4. The number of nitrogens with zero attached hydrogens (tertiary/aromatic N) is 3. The van der Waals surface area contributed by atoms with E-state index in [0.29, 0.717) is 6.54 Å². The summed E-state index contributed by atoms with van der Waals surface area (Å²) in [6.07, 6.45) is 5.35. The third kappa shape index (κ3) is 1.83. The highest BCUT2D eigenvalue weighted by Crippen LogP contribution is 2.12. The van der Waals surface area contributed by atoms with Crippen LogP contribution >= 0.6 is 15.9 Å². The fourth-order valence-electron chi connectivity index (χ4n) is 1.14. The fraction of sp³-hybridized carbons (Fsp3) is 0.111. The zero-order valence-electron chi connectivity index (χ0n) is 7.39. The van der Waals surface area contributed by atoms with Gasteiger partial charge in [-0.25, -0.2) is 4.68 Å². The van der Waals surface area contributed by atoms with Gasteiger partial charge in [-0.05, 0) is 28.1 Å². The minimum Gasteiger partial charge on any atom is -0.325 e. The van der Waals surface area contributed by atoms with E-state index in [2.05, 4.69) is 26.0 Å². The molecule has 2 N–H and O–H groups in total. The Balaban J connectivity index is 2.39. The van der Waals surface area contributed by atoms with E-state index in [1.54, 1.807) is 17.1 Å². The van der Waals surface area contributed by atoms with Gasteiger partial charge in [-0.3, -0.25) is 4.98 Å². The van der Waals surface area contributed by atoms with Crippen LogP contribution in [0.15, 0.2) is 35.2 Å². The molecular weight excluding hydrogens is 244 g/mol. The maximum absolute atomic E-state index is 5.47. The van der Waals surface area contributed by atoms with E-state index in [0.717, 1.165) is 15.9 Å². The molecule has 0 saturated heterocycles. The van der Waals surface area contributed by atoms with E-state index in [-0.39, 0.29) is 0 Å². The van der Waals surface area contributed by atoms with E-state index in [9.17, 15) is 0 Å². The molecule has 0 aliphatic carbocycles. The first-order chi connectivity index (χ1) is 6.79. The number of aromatic nitrogens is 3. The van der Waals surface area contributed by atoms with Crippen LogP contribution in [-0.4, -0.2) is 14.8 Å². The van der Waals surface area contributed by atoms with Crippen LogP contribution < -0.4 is 5.73 Å². The summed E-state index contributed by atoms with van der Waals surface area (Å²) in [6.45, 7) is 0.453. The quantitative estimate of drug-likeness (QED) is 0.882. The zero-order valence-corrected chi connectivity index (χ0v) is 8.98. The van der Waals surface area contributed by atoms with Gasteiger partial charge >= 0.3 is 0 Å². The average Bonchev–Trinajstić information content (AvgIpc) is 2.66. The molecule has 2 rings (SSSR count). The lowest BCUT2D eigenvalue weighted by Crippen LogP contribution is -2.00. The molecule has 0 radical (unpaired) electrons. The molecule has 72 valence electrons. The Bertz CT molecular complexity index is 438. The van der Waals surface area contributed by atoms with E-state index in [1.165, 1.54) is 0 Å². The van der Waals surface area contributed by atoms with Crippen LogP contribution in [-0.2, 0) is 6.54 Å². The van der Waals surface area contributed by atoms with Gasteiger partial charge in [-0.15, -0.1) is 0 Å². The summed E-state index contributed by atoms with van der Waals surface area (Å²) in [4.78, 5) is 4.06. The van der Waals surface area contributed by atoms with Crippen molar-refractivity contribution in [3.8, 4) is 5.69 Å². The van der Waals surface area contributed by atoms with Crippen molar-refractivity contribution in [1.29, 1.82) is 0 Å². The van der Waals surface area contributed by atoms with Crippen LogP contribution in [0.1, 0.15) is 5.69 Å². The third-order valence-corrected chi connectivity index (χ3v) is 2.24. The molecule has 2 aromatic rings. The molecule has 0 unspecified atom stereocenters. The largest absolute Gasteiger partial charge is 0.325 e.